The van der Waals surface area contributed by atoms with Gasteiger partial charge in [-0.3, -0.25) is 0 Å². The van der Waals surface area contributed by atoms with Crippen LogP contribution in [0.1, 0.15) is 24.0 Å². The van der Waals surface area contributed by atoms with Gasteiger partial charge in [-0.25, -0.2) is 0 Å². The Morgan fingerprint density at radius 2 is 2.00 bits per heavy atom. The molecule has 0 fully saturated rings. The van der Waals surface area contributed by atoms with Gasteiger partial charge in [-0.05, 0) is 42.7 Å². The zero-order chi connectivity index (χ0) is 10.7. The van der Waals surface area contributed by atoms with Crippen LogP contribution in [-0.2, 0) is 12.8 Å². The summed E-state index contributed by atoms with van der Waals surface area (Å²) in [7, 11) is 0. The fourth-order valence-corrected chi connectivity index (χ4v) is 2.50. The average Bonchev–Trinajstić information content (AvgIpc) is 2.29. The Morgan fingerprint density at radius 1 is 1.27 bits per heavy atom. The third-order valence-electron chi connectivity index (χ3n) is 3.39. The number of aryl methyl sites for hydroxylation is 1. The Kier molecular flexibility index (Phi) is 3.39. The second-order valence-corrected chi connectivity index (χ2v) is 4.61. The van der Waals surface area contributed by atoms with Gasteiger partial charge in [0.05, 0.1) is 0 Å². The third-order valence-corrected chi connectivity index (χ3v) is 3.39. The molecule has 1 aromatic rings. The molecule has 0 spiro atoms. The molecule has 2 heteroatoms. The number of hydrogen-bond donors (Lipinski definition) is 2. The molecule has 0 heterocycles. The highest BCUT2D eigenvalue weighted by molar-refractivity contribution is 5.29. The van der Waals surface area contributed by atoms with Gasteiger partial charge in [0.15, 0.2) is 0 Å². The number of fused-ring (bicyclic) bond motifs is 1. The lowest BCUT2D eigenvalue weighted by molar-refractivity contribution is 0.391. The molecule has 0 saturated carbocycles. The van der Waals surface area contributed by atoms with Crippen LogP contribution in [0.4, 0.5) is 0 Å². The molecule has 0 bridgehead atoms. The van der Waals surface area contributed by atoms with Crippen molar-refractivity contribution in [2.45, 2.75) is 31.7 Å². The molecule has 0 saturated heterocycles. The van der Waals surface area contributed by atoms with Crippen molar-refractivity contribution < 1.29 is 0 Å². The zero-order valence-corrected chi connectivity index (χ0v) is 9.15. The summed E-state index contributed by atoms with van der Waals surface area (Å²) in [6.07, 6.45) is 4.73. The summed E-state index contributed by atoms with van der Waals surface area (Å²) in [6, 6.07) is 8.93. The SMILES string of the molecule is NC[C@H](N)C[C@H]1CCc2ccccc2C1. The smallest absolute Gasteiger partial charge is 0.0165 e. The minimum atomic E-state index is 0.181. The monoisotopic (exact) mass is 204 g/mol. The Labute approximate surface area is 91.7 Å². The van der Waals surface area contributed by atoms with Crippen molar-refractivity contribution >= 4 is 0 Å². The number of benzene rings is 1. The largest absolute Gasteiger partial charge is 0.329 e. The van der Waals surface area contributed by atoms with Gasteiger partial charge in [-0.15, -0.1) is 0 Å². The molecule has 1 aliphatic carbocycles. The van der Waals surface area contributed by atoms with Crippen LogP contribution in [0.2, 0.25) is 0 Å². The maximum atomic E-state index is 5.90. The van der Waals surface area contributed by atoms with E-state index in [9.17, 15) is 0 Å². The fourth-order valence-electron chi connectivity index (χ4n) is 2.50. The molecule has 82 valence electrons. The van der Waals surface area contributed by atoms with Gasteiger partial charge in [0, 0.05) is 12.6 Å². The first-order chi connectivity index (χ1) is 7.29. The average molecular weight is 204 g/mol. The Hall–Kier alpha value is -0.860. The standard InChI is InChI=1S/C13H20N2/c14-9-13(15)8-10-5-6-11-3-1-2-4-12(11)7-10/h1-4,10,13H,5-9,14-15H2/t10-,13+/m0/s1. The van der Waals surface area contributed by atoms with Crippen LogP contribution in [0, 0.1) is 5.92 Å². The van der Waals surface area contributed by atoms with Crippen LogP contribution < -0.4 is 11.5 Å². The van der Waals surface area contributed by atoms with Crippen molar-refractivity contribution in [3.8, 4) is 0 Å². The van der Waals surface area contributed by atoms with Crippen LogP contribution >= 0.6 is 0 Å². The van der Waals surface area contributed by atoms with Crippen molar-refractivity contribution in [3.05, 3.63) is 35.4 Å². The zero-order valence-electron chi connectivity index (χ0n) is 9.15. The van der Waals surface area contributed by atoms with Crippen molar-refractivity contribution in [1.82, 2.24) is 0 Å². The summed E-state index contributed by atoms with van der Waals surface area (Å²) in [4.78, 5) is 0. The van der Waals surface area contributed by atoms with Gasteiger partial charge >= 0.3 is 0 Å². The van der Waals surface area contributed by atoms with E-state index in [1.165, 1.54) is 30.4 Å². The molecule has 2 atom stereocenters. The van der Waals surface area contributed by atoms with E-state index in [1.807, 2.05) is 0 Å². The van der Waals surface area contributed by atoms with Crippen LogP contribution in [0.25, 0.3) is 0 Å². The van der Waals surface area contributed by atoms with Crippen LogP contribution in [0.15, 0.2) is 24.3 Å². The second kappa shape index (κ2) is 4.77. The Balaban J connectivity index is 1.99. The topological polar surface area (TPSA) is 52.0 Å². The molecule has 2 rings (SSSR count). The fraction of sp³-hybridized carbons (Fsp3) is 0.538. The van der Waals surface area contributed by atoms with E-state index in [0.29, 0.717) is 6.54 Å². The summed E-state index contributed by atoms with van der Waals surface area (Å²) < 4.78 is 0. The van der Waals surface area contributed by atoms with Gasteiger partial charge in [0.1, 0.15) is 0 Å². The van der Waals surface area contributed by atoms with Gasteiger partial charge in [0.2, 0.25) is 0 Å². The van der Waals surface area contributed by atoms with Gasteiger partial charge in [-0.2, -0.15) is 0 Å². The van der Waals surface area contributed by atoms with E-state index in [4.69, 9.17) is 11.5 Å². The molecule has 4 N–H and O–H groups in total. The lowest BCUT2D eigenvalue weighted by Gasteiger charge is -2.26. The molecule has 0 amide bonds. The maximum Gasteiger partial charge on any atom is 0.0165 e. The number of rotatable bonds is 3. The molecule has 2 nitrogen and oxygen atoms in total. The van der Waals surface area contributed by atoms with Crippen LogP contribution in [-0.4, -0.2) is 12.6 Å². The lowest BCUT2D eigenvalue weighted by atomic mass is 9.81. The van der Waals surface area contributed by atoms with Crippen molar-refractivity contribution in [3.63, 3.8) is 0 Å². The Bertz CT molecular complexity index is 322. The van der Waals surface area contributed by atoms with Gasteiger partial charge < -0.3 is 11.5 Å². The van der Waals surface area contributed by atoms with Crippen molar-refractivity contribution in [2.75, 3.05) is 6.54 Å². The van der Waals surface area contributed by atoms with Gasteiger partial charge in [-0.1, -0.05) is 24.3 Å². The van der Waals surface area contributed by atoms with E-state index < -0.39 is 0 Å². The molecule has 0 aliphatic heterocycles. The third kappa shape index (κ3) is 2.58. The van der Waals surface area contributed by atoms with Gasteiger partial charge in [0.25, 0.3) is 0 Å². The summed E-state index contributed by atoms with van der Waals surface area (Å²) in [5.74, 6) is 0.735. The highest BCUT2D eigenvalue weighted by Crippen LogP contribution is 2.27. The molecule has 1 aliphatic rings. The van der Waals surface area contributed by atoms with E-state index in [0.717, 1.165) is 12.3 Å². The highest BCUT2D eigenvalue weighted by Gasteiger charge is 2.19. The molecule has 0 unspecified atom stereocenters. The maximum absolute atomic E-state index is 5.90. The van der Waals surface area contributed by atoms with Crippen molar-refractivity contribution in [1.29, 1.82) is 0 Å². The summed E-state index contributed by atoms with van der Waals surface area (Å²) in [5.41, 5.74) is 14.5. The first-order valence-electron chi connectivity index (χ1n) is 5.82. The molecular weight excluding hydrogens is 184 g/mol. The minimum Gasteiger partial charge on any atom is -0.329 e. The molecule has 0 radical (unpaired) electrons. The van der Waals surface area contributed by atoms with E-state index in [-0.39, 0.29) is 6.04 Å². The molecule has 1 aromatic carbocycles. The molecule has 15 heavy (non-hydrogen) atoms. The minimum absolute atomic E-state index is 0.181. The predicted octanol–water partition coefficient (Wildman–Crippen LogP) is 1.47. The summed E-state index contributed by atoms with van der Waals surface area (Å²) in [6.45, 7) is 0.609. The predicted molar refractivity (Wildman–Crippen MR) is 63.6 cm³/mol. The first-order valence-corrected chi connectivity index (χ1v) is 5.82. The van der Waals surface area contributed by atoms with E-state index >= 15 is 0 Å². The summed E-state index contributed by atoms with van der Waals surface area (Å²) in [5, 5.41) is 0. The Morgan fingerprint density at radius 3 is 2.73 bits per heavy atom. The van der Waals surface area contributed by atoms with E-state index in [2.05, 4.69) is 24.3 Å². The second-order valence-electron chi connectivity index (χ2n) is 4.61. The molecule has 0 aromatic heterocycles. The first kappa shape index (κ1) is 10.7. The number of hydrogen-bond acceptors (Lipinski definition) is 2. The van der Waals surface area contributed by atoms with Crippen molar-refractivity contribution in [2.24, 2.45) is 17.4 Å². The normalized spacial score (nSPS) is 22.1. The lowest BCUT2D eigenvalue weighted by Crippen LogP contribution is -2.33. The summed E-state index contributed by atoms with van der Waals surface area (Å²) >= 11 is 0. The quantitative estimate of drug-likeness (QED) is 0.783. The molecular formula is C13H20N2. The van der Waals surface area contributed by atoms with Crippen LogP contribution in [0.5, 0.6) is 0 Å². The van der Waals surface area contributed by atoms with E-state index in [1.54, 1.807) is 0 Å². The highest BCUT2D eigenvalue weighted by atomic mass is 14.7. The van der Waals surface area contributed by atoms with Crippen LogP contribution in [0.3, 0.4) is 0 Å². The number of nitrogens with two attached hydrogens (primary N) is 2.